The highest BCUT2D eigenvalue weighted by Crippen LogP contribution is 2.27. The SMILES string of the molecule is C=Cc1c(-c2ccccc2)nc2sc3ccccc3n2c1=O. The Morgan fingerprint density at radius 1 is 1.05 bits per heavy atom. The highest BCUT2D eigenvalue weighted by atomic mass is 32.1. The third-order valence-electron chi connectivity index (χ3n) is 3.65. The van der Waals surface area contributed by atoms with E-state index in [1.165, 1.54) is 11.3 Å². The fourth-order valence-corrected chi connectivity index (χ4v) is 3.64. The summed E-state index contributed by atoms with van der Waals surface area (Å²) in [5, 5.41) is 0. The second-order valence-corrected chi connectivity index (χ2v) is 5.95. The zero-order chi connectivity index (χ0) is 15.1. The summed E-state index contributed by atoms with van der Waals surface area (Å²) in [5.41, 5.74) is 2.97. The molecule has 0 unspecified atom stereocenters. The van der Waals surface area contributed by atoms with Gasteiger partial charge in [-0.2, -0.15) is 0 Å². The fraction of sp³-hybridized carbons (Fsp3) is 0. The molecule has 0 saturated heterocycles. The summed E-state index contributed by atoms with van der Waals surface area (Å²) in [6, 6.07) is 17.6. The van der Waals surface area contributed by atoms with Crippen LogP contribution in [-0.4, -0.2) is 9.38 Å². The second-order valence-electron chi connectivity index (χ2n) is 4.94. The van der Waals surface area contributed by atoms with Gasteiger partial charge in [-0.1, -0.05) is 66.5 Å². The van der Waals surface area contributed by atoms with Crippen LogP contribution in [-0.2, 0) is 0 Å². The molecule has 0 amide bonds. The number of aromatic nitrogens is 2. The van der Waals surface area contributed by atoms with Gasteiger partial charge in [0.15, 0.2) is 4.96 Å². The van der Waals surface area contributed by atoms with E-state index in [2.05, 4.69) is 6.58 Å². The molecular weight excluding hydrogens is 292 g/mol. The van der Waals surface area contributed by atoms with Gasteiger partial charge in [0.2, 0.25) is 0 Å². The van der Waals surface area contributed by atoms with Crippen molar-refractivity contribution in [3.8, 4) is 11.3 Å². The monoisotopic (exact) mass is 304 g/mol. The predicted octanol–water partition coefficient (Wildman–Crippen LogP) is 4.22. The predicted molar refractivity (Wildman–Crippen MR) is 92.4 cm³/mol. The molecule has 3 nitrogen and oxygen atoms in total. The lowest BCUT2D eigenvalue weighted by Gasteiger charge is -2.06. The Bertz CT molecular complexity index is 1060. The Kier molecular flexibility index (Phi) is 2.91. The molecule has 4 rings (SSSR count). The van der Waals surface area contributed by atoms with Crippen LogP contribution in [0.2, 0.25) is 0 Å². The average Bonchev–Trinajstić information content (AvgIpc) is 2.94. The number of rotatable bonds is 2. The van der Waals surface area contributed by atoms with E-state index < -0.39 is 0 Å². The van der Waals surface area contributed by atoms with Crippen LogP contribution < -0.4 is 5.56 Å². The maximum absolute atomic E-state index is 12.9. The molecule has 0 bridgehead atoms. The van der Waals surface area contributed by atoms with Crippen molar-refractivity contribution < 1.29 is 0 Å². The van der Waals surface area contributed by atoms with Gasteiger partial charge in [-0.15, -0.1) is 0 Å². The molecule has 4 heteroatoms. The van der Waals surface area contributed by atoms with E-state index in [0.717, 1.165) is 15.8 Å². The summed E-state index contributed by atoms with van der Waals surface area (Å²) in [6.07, 6.45) is 1.59. The van der Waals surface area contributed by atoms with Crippen LogP contribution in [0.5, 0.6) is 0 Å². The van der Waals surface area contributed by atoms with Crippen LogP contribution in [0.15, 0.2) is 66.0 Å². The van der Waals surface area contributed by atoms with E-state index in [0.29, 0.717) is 16.2 Å². The van der Waals surface area contributed by atoms with E-state index in [1.54, 1.807) is 10.5 Å². The van der Waals surface area contributed by atoms with Gasteiger partial charge in [-0.25, -0.2) is 4.98 Å². The molecule has 0 aliphatic heterocycles. The first-order valence-corrected chi connectivity index (χ1v) is 7.73. The van der Waals surface area contributed by atoms with Gasteiger partial charge in [0.1, 0.15) is 0 Å². The maximum atomic E-state index is 12.9. The summed E-state index contributed by atoms with van der Waals surface area (Å²) in [6.45, 7) is 3.80. The Labute approximate surface area is 130 Å². The van der Waals surface area contributed by atoms with Crippen LogP contribution in [0.4, 0.5) is 0 Å². The third-order valence-corrected chi connectivity index (χ3v) is 4.67. The zero-order valence-corrected chi connectivity index (χ0v) is 12.5. The Balaban J connectivity index is 2.18. The molecule has 0 atom stereocenters. The minimum Gasteiger partial charge on any atom is -0.268 e. The van der Waals surface area contributed by atoms with E-state index in [4.69, 9.17) is 4.98 Å². The van der Waals surface area contributed by atoms with Crippen LogP contribution >= 0.6 is 11.3 Å². The van der Waals surface area contributed by atoms with Crippen LogP contribution in [0.25, 0.3) is 32.5 Å². The number of hydrogen-bond acceptors (Lipinski definition) is 3. The average molecular weight is 304 g/mol. The molecule has 2 aromatic carbocycles. The maximum Gasteiger partial charge on any atom is 0.266 e. The summed E-state index contributed by atoms with van der Waals surface area (Å²) in [7, 11) is 0. The van der Waals surface area contributed by atoms with Crippen LogP contribution in [0, 0.1) is 0 Å². The molecule has 2 aromatic heterocycles. The smallest absolute Gasteiger partial charge is 0.266 e. The Morgan fingerprint density at radius 2 is 1.77 bits per heavy atom. The van der Waals surface area contributed by atoms with Crippen molar-refractivity contribution in [3.05, 3.63) is 77.1 Å². The summed E-state index contributed by atoms with van der Waals surface area (Å²) in [5.74, 6) is 0. The van der Waals surface area contributed by atoms with Gasteiger partial charge < -0.3 is 0 Å². The summed E-state index contributed by atoms with van der Waals surface area (Å²) in [4.78, 5) is 18.3. The van der Waals surface area contributed by atoms with Crippen molar-refractivity contribution in [1.29, 1.82) is 0 Å². The molecule has 0 fully saturated rings. The number of benzene rings is 2. The Hall–Kier alpha value is -2.72. The summed E-state index contributed by atoms with van der Waals surface area (Å²) < 4.78 is 2.72. The third kappa shape index (κ3) is 1.81. The first kappa shape index (κ1) is 13.0. The lowest BCUT2D eigenvalue weighted by atomic mass is 10.1. The van der Waals surface area contributed by atoms with Gasteiger partial charge >= 0.3 is 0 Å². The minimum absolute atomic E-state index is 0.0729. The van der Waals surface area contributed by atoms with Crippen molar-refractivity contribution in [1.82, 2.24) is 9.38 Å². The molecule has 0 spiro atoms. The standard InChI is InChI=1S/C18H12N2OS/c1-2-13-16(12-8-4-3-5-9-12)19-18-20(17(13)21)14-10-6-7-11-15(14)22-18/h2-11H,1H2. The lowest BCUT2D eigenvalue weighted by molar-refractivity contribution is 1.11. The summed E-state index contributed by atoms with van der Waals surface area (Å²) >= 11 is 1.52. The van der Waals surface area contributed by atoms with Crippen molar-refractivity contribution in [2.75, 3.05) is 0 Å². The Morgan fingerprint density at radius 3 is 2.55 bits per heavy atom. The molecule has 2 heterocycles. The minimum atomic E-state index is -0.0729. The first-order valence-electron chi connectivity index (χ1n) is 6.92. The number of hydrogen-bond donors (Lipinski definition) is 0. The molecular formula is C18H12N2OS. The van der Waals surface area contributed by atoms with Crippen molar-refractivity contribution >= 4 is 32.6 Å². The molecule has 22 heavy (non-hydrogen) atoms. The van der Waals surface area contributed by atoms with E-state index in [1.807, 2.05) is 54.6 Å². The highest BCUT2D eigenvalue weighted by Gasteiger charge is 2.15. The van der Waals surface area contributed by atoms with E-state index in [-0.39, 0.29) is 5.56 Å². The van der Waals surface area contributed by atoms with Crippen molar-refractivity contribution in [3.63, 3.8) is 0 Å². The van der Waals surface area contributed by atoms with Gasteiger partial charge in [0.05, 0.1) is 21.5 Å². The zero-order valence-electron chi connectivity index (χ0n) is 11.7. The van der Waals surface area contributed by atoms with Crippen LogP contribution in [0.1, 0.15) is 5.56 Å². The molecule has 0 saturated carbocycles. The number of nitrogens with zero attached hydrogens (tertiary/aromatic N) is 2. The number of fused-ring (bicyclic) bond motifs is 3. The molecule has 0 radical (unpaired) electrons. The lowest BCUT2D eigenvalue weighted by Crippen LogP contribution is -2.17. The second kappa shape index (κ2) is 4.93. The van der Waals surface area contributed by atoms with Crippen molar-refractivity contribution in [2.45, 2.75) is 0 Å². The first-order chi connectivity index (χ1) is 10.8. The van der Waals surface area contributed by atoms with Gasteiger partial charge in [0.25, 0.3) is 5.56 Å². The van der Waals surface area contributed by atoms with Crippen molar-refractivity contribution in [2.24, 2.45) is 0 Å². The number of para-hydroxylation sites is 1. The van der Waals surface area contributed by atoms with Crippen LogP contribution in [0.3, 0.4) is 0 Å². The molecule has 0 aliphatic carbocycles. The molecule has 0 aliphatic rings. The normalized spacial score (nSPS) is 11.1. The highest BCUT2D eigenvalue weighted by molar-refractivity contribution is 7.23. The van der Waals surface area contributed by atoms with Gasteiger partial charge in [0, 0.05) is 5.56 Å². The molecule has 0 N–H and O–H groups in total. The van der Waals surface area contributed by atoms with Gasteiger partial charge in [-0.3, -0.25) is 9.20 Å². The largest absolute Gasteiger partial charge is 0.268 e. The van der Waals surface area contributed by atoms with Gasteiger partial charge in [-0.05, 0) is 12.1 Å². The topological polar surface area (TPSA) is 34.4 Å². The molecule has 106 valence electrons. The van der Waals surface area contributed by atoms with E-state index in [9.17, 15) is 4.79 Å². The molecule has 4 aromatic rings. The quantitative estimate of drug-likeness (QED) is 0.555. The fourth-order valence-electron chi connectivity index (χ4n) is 2.62. The van der Waals surface area contributed by atoms with E-state index >= 15 is 0 Å². The number of thiazole rings is 1.